The summed E-state index contributed by atoms with van der Waals surface area (Å²) < 4.78 is 7.94. The fraction of sp³-hybridized carbons (Fsp3) is 0.167. The van der Waals surface area contributed by atoms with Crippen LogP contribution in [0, 0.1) is 6.92 Å². The zero-order chi connectivity index (χ0) is 17.6. The molecular formula is C18H15ClN4O2. The molecule has 126 valence electrons. The van der Waals surface area contributed by atoms with Crippen LogP contribution in [0.25, 0.3) is 5.65 Å². The molecular weight excluding hydrogens is 340 g/mol. The van der Waals surface area contributed by atoms with Crippen LogP contribution in [-0.4, -0.2) is 26.2 Å². The number of benzene rings is 1. The Morgan fingerprint density at radius 3 is 2.72 bits per heavy atom. The number of carbonyl (C=O) groups excluding carboxylic acids is 1. The van der Waals surface area contributed by atoms with Gasteiger partial charge in [-0.15, -0.1) is 5.10 Å². The SMILES string of the molecule is CC(=O)N1N=C(c2c(C)nc3ccccn23)OC1c1ccccc1Cl. The Morgan fingerprint density at radius 2 is 1.96 bits per heavy atom. The number of halogens is 1. The van der Waals surface area contributed by atoms with Crippen LogP contribution in [0.4, 0.5) is 0 Å². The molecule has 0 fully saturated rings. The number of hydrogen-bond donors (Lipinski definition) is 0. The van der Waals surface area contributed by atoms with E-state index in [4.69, 9.17) is 16.3 Å². The van der Waals surface area contributed by atoms with Gasteiger partial charge >= 0.3 is 0 Å². The molecule has 6 nitrogen and oxygen atoms in total. The van der Waals surface area contributed by atoms with Crippen LogP contribution in [0.2, 0.25) is 5.02 Å². The molecule has 3 heterocycles. The molecule has 0 aliphatic carbocycles. The van der Waals surface area contributed by atoms with E-state index in [1.54, 1.807) is 6.07 Å². The molecule has 0 bridgehead atoms. The third-order valence-electron chi connectivity index (χ3n) is 4.04. The Kier molecular flexibility index (Phi) is 3.69. The van der Waals surface area contributed by atoms with Crippen molar-refractivity contribution >= 4 is 29.1 Å². The Bertz CT molecular complexity index is 1010. The third-order valence-corrected chi connectivity index (χ3v) is 4.39. The van der Waals surface area contributed by atoms with Gasteiger partial charge in [-0.05, 0) is 25.1 Å². The van der Waals surface area contributed by atoms with E-state index < -0.39 is 6.23 Å². The number of pyridine rings is 1. The summed E-state index contributed by atoms with van der Waals surface area (Å²) in [7, 11) is 0. The second kappa shape index (κ2) is 5.89. The van der Waals surface area contributed by atoms with Gasteiger partial charge < -0.3 is 4.74 Å². The van der Waals surface area contributed by atoms with E-state index in [1.807, 2.05) is 53.9 Å². The molecule has 1 amide bonds. The molecule has 0 N–H and O–H groups in total. The van der Waals surface area contributed by atoms with Crippen LogP contribution >= 0.6 is 11.6 Å². The highest BCUT2D eigenvalue weighted by molar-refractivity contribution is 6.31. The Hall–Kier alpha value is -2.86. The molecule has 0 spiro atoms. The lowest BCUT2D eigenvalue weighted by Gasteiger charge is -2.20. The van der Waals surface area contributed by atoms with Gasteiger partial charge in [-0.25, -0.2) is 4.98 Å². The van der Waals surface area contributed by atoms with Gasteiger partial charge in [0.15, 0.2) is 0 Å². The predicted molar refractivity (Wildman–Crippen MR) is 94.3 cm³/mol. The number of amides is 1. The first-order chi connectivity index (χ1) is 12.1. The van der Waals surface area contributed by atoms with Crippen LogP contribution in [0.3, 0.4) is 0 Å². The predicted octanol–water partition coefficient (Wildman–Crippen LogP) is 3.54. The van der Waals surface area contributed by atoms with Crippen molar-refractivity contribution < 1.29 is 9.53 Å². The molecule has 1 aliphatic rings. The zero-order valence-corrected chi connectivity index (χ0v) is 14.4. The molecule has 4 rings (SSSR count). The number of rotatable bonds is 2. The summed E-state index contributed by atoms with van der Waals surface area (Å²) in [5.41, 5.74) is 2.96. The lowest BCUT2D eigenvalue weighted by Crippen LogP contribution is -2.25. The minimum atomic E-state index is -0.699. The number of aromatic nitrogens is 2. The summed E-state index contributed by atoms with van der Waals surface area (Å²) in [6, 6.07) is 13.0. The molecule has 7 heteroatoms. The van der Waals surface area contributed by atoms with E-state index in [9.17, 15) is 4.79 Å². The van der Waals surface area contributed by atoms with Crippen LogP contribution < -0.4 is 0 Å². The van der Waals surface area contributed by atoms with Crippen molar-refractivity contribution in [2.45, 2.75) is 20.1 Å². The fourth-order valence-electron chi connectivity index (χ4n) is 2.91. The van der Waals surface area contributed by atoms with Crippen molar-refractivity contribution in [2.75, 3.05) is 0 Å². The van der Waals surface area contributed by atoms with Crippen LogP contribution in [0.5, 0.6) is 0 Å². The van der Waals surface area contributed by atoms with E-state index in [0.717, 1.165) is 17.0 Å². The molecule has 2 aromatic heterocycles. The summed E-state index contributed by atoms with van der Waals surface area (Å²) >= 11 is 6.29. The van der Waals surface area contributed by atoms with E-state index >= 15 is 0 Å². The normalized spacial score (nSPS) is 16.8. The molecule has 3 aromatic rings. The average Bonchev–Trinajstić information content (AvgIpc) is 3.15. The summed E-state index contributed by atoms with van der Waals surface area (Å²) in [4.78, 5) is 16.6. The van der Waals surface area contributed by atoms with Gasteiger partial charge in [-0.2, -0.15) is 5.01 Å². The Morgan fingerprint density at radius 1 is 1.20 bits per heavy atom. The smallest absolute Gasteiger partial charge is 0.260 e. The molecule has 1 atom stereocenters. The minimum absolute atomic E-state index is 0.230. The first-order valence-corrected chi connectivity index (χ1v) is 8.17. The maximum Gasteiger partial charge on any atom is 0.260 e. The quantitative estimate of drug-likeness (QED) is 0.707. The highest BCUT2D eigenvalue weighted by atomic mass is 35.5. The van der Waals surface area contributed by atoms with Crippen molar-refractivity contribution in [3.05, 3.63) is 70.6 Å². The van der Waals surface area contributed by atoms with Gasteiger partial charge in [0.2, 0.25) is 12.1 Å². The molecule has 0 saturated heterocycles. The lowest BCUT2D eigenvalue weighted by atomic mass is 10.2. The van der Waals surface area contributed by atoms with Crippen LogP contribution in [0.15, 0.2) is 53.8 Å². The number of fused-ring (bicyclic) bond motifs is 1. The van der Waals surface area contributed by atoms with Crippen LogP contribution in [-0.2, 0) is 9.53 Å². The van der Waals surface area contributed by atoms with Gasteiger partial charge in [0, 0.05) is 23.7 Å². The maximum atomic E-state index is 12.1. The van der Waals surface area contributed by atoms with Crippen LogP contribution in [0.1, 0.15) is 30.1 Å². The van der Waals surface area contributed by atoms with Crippen molar-refractivity contribution in [3.63, 3.8) is 0 Å². The third kappa shape index (κ3) is 2.55. The number of carbonyl (C=O) groups is 1. The molecule has 1 aliphatic heterocycles. The Labute approximate surface area is 149 Å². The number of ether oxygens (including phenoxy) is 1. The number of imidazole rings is 1. The lowest BCUT2D eigenvalue weighted by molar-refractivity contribution is -0.135. The molecule has 25 heavy (non-hydrogen) atoms. The van der Waals surface area contributed by atoms with Gasteiger partial charge in [0.1, 0.15) is 11.3 Å². The summed E-state index contributed by atoms with van der Waals surface area (Å²) in [5, 5.41) is 6.22. The standard InChI is InChI=1S/C18H15ClN4O2/c1-11-16(22-10-6-5-9-15(22)20-11)17-21-23(12(2)24)18(25-17)13-7-3-4-8-14(13)19/h3-10,18H,1-2H3. The van der Waals surface area contributed by atoms with Crippen molar-refractivity contribution in [1.29, 1.82) is 0 Å². The van der Waals surface area contributed by atoms with E-state index in [0.29, 0.717) is 16.5 Å². The zero-order valence-electron chi connectivity index (χ0n) is 13.7. The first kappa shape index (κ1) is 15.7. The minimum Gasteiger partial charge on any atom is -0.445 e. The highest BCUT2D eigenvalue weighted by Gasteiger charge is 2.36. The summed E-state index contributed by atoms with van der Waals surface area (Å²) in [5.74, 6) is 0.114. The van der Waals surface area contributed by atoms with Crippen molar-refractivity contribution in [1.82, 2.24) is 14.4 Å². The highest BCUT2D eigenvalue weighted by Crippen LogP contribution is 2.34. The van der Waals surface area contributed by atoms with E-state index in [1.165, 1.54) is 11.9 Å². The van der Waals surface area contributed by atoms with E-state index in [2.05, 4.69) is 10.1 Å². The maximum absolute atomic E-state index is 12.1. The number of nitrogens with zero attached hydrogens (tertiary/aromatic N) is 4. The fourth-order valence-corrected chi connectivity index (χ4v) is 3.14. The molecule has 1 unspecified atom stereocenters. The number of hydrogen-bond acceptors (Lipinski definition) is 4. The largest absolute Gasteiger partial charge is 0.445 e. The van der Waals surface area contributed by atoms with Gasteiger partial charge in [0.25, 0.3) is 5.90 Å². The van der Waals surface area contributed by atoms with Gasteiger partial charge in [0.05, 0.1) is 5.69 Å². The van der Waals surface area contributed by atoms with Gasteiger partial charge in [-0.3, -0.25) is 9.20 Å². The number of aryl methyl sites for hydroxylation is 1. The molecule has 0 saturated carbocycles. The average molecular weight is 355 g/mol. The Balaban J connectivity index is 1.82. The second-order valence-corrected chi connectivity index (χ2v) is 6.14. The molecule has 1 aromatic carbocycles. The molecule has 0 radical (unpaired) electrons. The van der Waals surface area contributed by atoms with Crippen molar-refractivity contribution in [2.24, 2.45) is 5.10 Å². The second-order valence-electron chi connectivity index (χ2n) is 5.74. The van der Waals surface area contributed by atoms with Gasteiger partial charge in [-0.1, -0.05) is 35.9 Å². The van der Waals surface area contributed by atoms with Crippen molar-refractivity contribution in [3.8, 4) is 0 Å². The number of hydrazone groups is 1. The van der Waals surface area contributed by atoms with E-state index in [-0.39, 0.29) is 5.91 Å². The topological polar surface area (TPSA) is 59.2 Å². The summed E-state index contributed by atoms with van der Waals surface area (Å²) in [6.45, 7) is 3.33. The monoisotopic (exact) mass is 354 g/mol. The first-order valence-electron chi connectivity index (χ1n) is 7.80. The summed E-state index contributed by atoms with van der Waals surface area (Å²) in [6.07, 6.45) is 1.19.